The molecule has 1 amide bonds. The van der Waals surface area contributed by atoms with Gasteiger partial charge < -0.3 is 10.1 Å². The Morgan fingerprint density at radius 1 is 1.16 bits per heavy atom. The first-order chi connectivity index (χ1) is 9.24. The zero-order valence-electron chi connectivity index (χ0n) is 10.7. The van der Waals surface area contributed by atoms with E-state index in [1.807, 2.05) is 24.3 Å². The SMILES string of the molecule is C=Cc1ccc(C(=O)Nc2ccccc2OC)cc1. The van der Waals surface area contributed by atoms with Crippen molar-refractivity contribution in [1.29, 1.82) is 0 Å². The molecule has 2 aromatic rings. The van der Waals surface area contributed by atoms with E-state index in [2.05, 4.69) is 11.9 Å². The Morgan fingerprint density at radius 2 is 1.84 bits per heavy atom. The van der Waals surface area contributed by atoms with Gasteiger partial charge in [-0.05, 0) is 29.8 Å². The number of anilines is 1. The van der Waals surface area contributed by atoms with E-state index in [4.69, 9.17) is 4.74 Å². The topological polar surface area (TPSA) is 38.3 Å². The zero-order chi connectivity index (χ0) is 13.7. The van der Waals surface area contributed by atoms with Crippen molar-refractivity contribution in [1.82, 2.24) is 0 Å². The van der Waals surface area contributed by atoms with E-state index in [1.54, 1.807) is 37.5 Å². The number of hydrogen-bond donors (Lipinski definition) is 1. The fourth-order valence-electron chi connectivity index (χ4n) is 1.71. The van der Waals surface area contributed by atoms with Crippen molar-refractivity contribution in [2.24, 2.45) is 0 Å². The number of hydrogen-bond acceptors (Lipinski definition) is 2. The first-order valence-corrected chi connectivity index (χ1v) is 5.91. The second kappa shape index (κ2) is 5.87. The van der Waals surface area contributed by atoms with Crippen molar-refractivity contribution in [2.75, 3.05) is 12.4 Å². The summed E-state index contributed by atoms with van der Waals surface area (Å²) < 4.78 is 5.19. The van der Waals surface area contributed by atoms with Crippen molar-refractivity contribution >= 4 is 17.7 Å². The quantitative estimate of drug-likeness (QED) is 0.904. The van der Waals surface area contributed by atoms with Gasteiger partial charge >= 0.3 is 0 Å². The monoisotopic (exact) mass is 253 g/mol. The molecule has 3 nitrogen and oxygen atoms in total. The average Bonchev–Trinajstić information content (AvgIpc) is 2.48. The number of carbonyl (C=O) groups is 1. The average molecular weight is 253 g/mol. The van der Waals surface area contributed by atoms with Crippen LogP contribution < -0.4 is 10.1 Å². The third-order valence-corrected chi connectivity index (χ3v) is 2.76. The first kappa shape index (κ1) is 12.9. The predicted octanol–water partition coefficient (Wildman–Crippen LogP) is 3.59. The minimum absolute atomic E-state index is 0.167. The summed E-state index contributed by atoms with van der Waals surface area (Å²) in [4.78, 5) is 12.1. The molecular weight excluding hydrogens is 238 g/mol. The molecule has 96 valence electrons. The zero-order valence-corrected chi connectivity index (χ0v) is 10.7. The number of para-hydroxylation sites is 2. The maximum atomic E-state index is 12.1. The lowest BCUT2D eigenvalue weighted by atomic mass is 10.1. The molecule has 1 N–H and O–H groups in total. The molecule has 0 bridgehead atoms. The Balaban J connectivity index is 2.18. The number of nitrogens with one attached hydrogen (secondary N) is 1. The van der Waals surface area contributed by atoms with E-state index in [0.717, 1.165) is 5.56 Å². The van der Waals surface area contributed by atoms with Crippen LogP contribution in [0.15, 0.2) is 55.1 Å². The summed E-state index contributed by atoms with van der Waals surface area (Å²) in [5.41, 5.74) is 2.23. The van der Waals surface area contributed by atoms with Crippen LogP contribution in [-0.2, 0) is 0 Å². The molecule has 0 aromatic heterocycles. The van der Waals surface area contributed by atoms with E-state index in [9.17, 15) is 4.79 Å². The van der Waals surface area contributed by atoms with Crippen molar-refractivity contribution in [3.8, 4) is 5.75 Å². The van der Waals surface area contributed by atoms with E-state index in [1.165, 1.54) is 0 Å². The van der Waals surface area contributed by atoms with Crippen LogP contribution in [0.5, 0.6) is 5.75 Å². The van der Waals surface area contributed by atoms with Crippen LogP contribution >= 0.6 is 0 Å². The molecular formula is C16H15NO2. The molecule has 0 aliphatic heterocycles. The van der Waals surface area contributed by atoms with Crippen LogP contribution in [0.4, 0.5) is 5.69 Å². The highest BCUT2D eigenvalue weighted by molar-refractivity contribution is 6.05. The summed E-state index contributed by atoms with van der Waals surface area (Å²) in [5.74, 6) is 0.471. The smallest absolute Gasteiger partial charge is 0.255 e. The Hall–Kier alpha value is -2.55. The van der Waals surface area contributed by atoms with Gasteiger partial charge in [0.25, 0.3) is 5.91 Å². The fraction of sp³-hybridized carbons (Fsp3) is 0.0625. The van der Waals surface area contributed by atoms with Gasteiger partial charge in [0.1, 0.15) is 5.75 Å². The molecule has 0 unspecified atom stereocenters. The lowest BCUT2D eigenvalue weighted by molar-refractivity contribution is 0.102. The molecule has 0 saturated carbocycles. The number of methoxy groups -OCH3 is 1. The summed E-state index contributed by atoms with van der Waals surface area (Å²) in [5, 5.41) is 2.83. The molecule has 0 aliphatic rings. The van der Waals surface area contributed by atoms with Gasteiger partial charge in [-0.3, -0.25) is 4.79 Å². The van der Waals surface area contributed by atoms with Gasteiger partial charge in [-0.2, -0.15) is 0 Å². The lowest BCUT2D eigenvalue weighted by Crippen LogP contribution is -2.12. The summed E-state index contributed by atoms with van der Waals surface area (Å²) in [7, 11) is 1.57. The molecule has 0 atom stereocenters. The lowest BCUT2D eigenvalue weighted by Gasteiger charge is -2.09. The molecule has 0 radical (unpaired) electrons. The van der Waals surface area contributed by atoms with Gasteiger partial charge in [-0.25, -0.2) is 0 Å². The minimum Gasteiger partial charge on any atom is -0.495 e. The number of rotatable bonds is 4. The van der Waals surface area contributed by atoms with Crippen LogP contribution in [0.3, 0.4) is 0 Å². The van der Waals surface area contributed by atoms with Crippen molar-refractivity contribution in [3.05, 3.63) is 66.2 Å². The van der Waals surface area contributed by atoms with Gasteiger partial charge in [0.05, 0.1) is 12.8 Å². The van der Waals surface area contributed by atoms with Crippen LogP contribution in [0.25, 0.3) is 6.08 Å². The van der Waals surface area contributed by atoms with E-state index >= 15 is 0 Å². The van der Waals surface area contributed by atoms with Gasteiger partial charge in [0.15, 0.2) is 0 Å². The van der Waals surface area contributed by atoms with Crippen molar-refractivity contribution in [2.45, 2.75) is 0 Å². The molecule has 0 saturated heterocycles. The largest absolute Gasteiger partial charge is 0.495 e. The number of carbonyl (C=O) groups excluding carboxylic acids is 1. The van der Waals surface area contributed by atoms with Crippen LogP contribution in [0.2, 0.25) is 0 Å². The van der Waals surface area contributed by atoms with E-state index in [0.29, 0.717) is 17.0 Å². The van der Waals surface area contributed by atoms with Crippen molar-refractivity contribution < 1.29 is 9.53 Å². The van der Waals surface area contributed by atoms with Gasteiger partial charge in [0, 0.05) is 5.56 Å². The van der Waals surface area contributed by atoms with Gasteiger partial charge in [-0.15, -0.1) is 0 Å². The Morgan fingerprint density at radius 3 is 2.47 bits per heavy atom. The van der Waals surface area contributed by atoms with Crippen LogP contribution in [0.1, 0.15) is 15.9 Å². The minimum atomic E-state index is -0.167. The molecule has 3 heteroatoms. The summed E-state index contributed by atoms with van der Waals surface area (Å²) in [6, 6.07) is 14.5. The maximum absolute atomic E-state index is 12.1. The molecule has 2 rings (SSSR count). The van der Waals surface area contributed by atoms with Crippen LogP contribution in [-0.4, -0.2) is 13.0 Å². The highest BCUT2D eigenvalue weighted by Crippen LogP contribution is 2.23. The molecule has 19 heavy (non-hydrogen) atoms. The Labute approximate surface area is 112 Å². The third kappa shape index (κ3) is 3.01. The number of amides is 1. The molecule has 0 fully saturated rings. The summed E-state index contributed by atoms with van der Waals surface area (Å²) in [6.45, 7) is 3.68. The van der Waals surface area contributed by atoms with Crippen molar-refractivity contribution in [3.63, 3.8) is 0 Å². The summed E-state index contributed by atoms with van der Waals surface area (Å²) >= 11 is 0. The Kier molecular flexibility index (Phi) is 3.98. The second-order valence-corrected chi connectivity index (χ2v) is 3.98. The summed E-state index contributed by atoms with van der Waals surface area (Å²) in [6.07, 6.45) is 1.74. The Bertz CT molecular complexity index is 588. The second-order valence-electron chi connectivity index (χ2n) is 3.98. The number of ether oxygens (including phenoxy) is 1. The van der Waals surface area contributed by atoms with Crippen LogP contribution in [0, 0.1) is 0 Å². The molecule has 0 heterocycles. The van der Waals surface area contributed by atoms with E-state index < -0.39 is 0 Å². The van der Waals surface area contributed by atoms with Gasteiger partial charge in [-0.1, -0.05) is 36.9 Å². The molecule has 2 aromatic carbocycles. The standard InChI is InChI=1S/C16H15NO2/c1-3-12-8-10-13(11-9-12)16(18)17-14-6-4-5-7-15(14)19-2/h3-11H,1H2,2H3,(H,17,18). The highest BCUT2D eigenvalue weighted by Gasteiger charge is 2.08. The van der Waals surface area contributed by atoms with E-state index in [-0.39, 0.29) is 5.91 Å². The molecule has 0 aliphatic carbocycles. The first-order valence-electron chi connectivity index (χ1n) is 5.91. The third-order valence-electron chi connectivity index (χ3n) is 2.76. The highest BCUT2D eigenvalue weighted by atomic mass is 16.5. The maximum Gasteiger partial charge on any atom is 0.255 e. The molecule has 0 spiro atoms. The number of benzene rings is 2. The fourth-order valence-corrected chi connectivity index (χ4v) is 1.71. The van der Waals surface area contributed by atoms with Gasteiger partial charge in [0.2, 0.25) is 0 Å². The predicted molar refractivity (Wildman–Crippen MR) is 77.5 cm³/mol. The normalized spacial score (nSPS) is 9.74.